The van der Waals surface area contributed by atoms with Crippen molar-refractivity contribution in [3.63, 3.8) is 0 Å². The zero-order chi connectivity index (χ0) is 13.5. The highest BCUT2D eigenvalue weighted by Crippen LogP contribution is 2.32. The predicted octanol–water partition coefficient (Wildman–Crippen LogP) is 2.61. The Hall–Kier alpha value is -1.06. The summed E-state index contributed by atoms with van der Waals surface area (Å²) in [6, 6.07) is 7.67. The van der Waals surface area contributed by atoms with Crippen LogP contribution in [0.1, 0.15) is 36.8 Å². The summed E-state index contributed by atoms with van der Waals surface area (Å²) in [6.45, 7) is 5.33. The van der Waals surface area contributed by atoms with Crippen molar-refractivity contribution in [2.45, 2.75) is 57.4 Å². The summed E-state index contributed by atoms with van der Waals surface area (Å²) in [5.74, 6) is 0. The quantitative estimate of drug-likeness (QED) is 0.912. The number of nitrogens with zero attached hydrogens (tertiary/aromatic N) is 1. The highest BCUT2D eigenvalue weighted by atomic mass is 16.5. The first kappa shape index (κ1) is 12.7. The van der Waals surface area contributed by atoms with Crippen LogP contribution in [0.5, 0.6) is 0 Å². The number of ether oxygens (including phenoxy) is 1. The molecule has 2 aliphatic heterocycles. The van der Waals surface area contributed by atoms with Gasteiger partial charge >= 0.3 is 0 Å². The molecular formula is C17H24N2O. The van der Waals surface area contributed by atoms with E-state index in [1.54, 1.807) is 0 Å². The highest BCUT2D eigenvalue weighted by Gasteiger charge is 2.34. The highest BCUT2D eigenvalue weighted by molar-refractivity contribution is 5.55. The van der Waals surface area contributed by atoms with Gasteiger partial charge in [-0.1, -0.05) is 17.7 Å². The molecule has 20 heavy (non-hydrogen) atoms. The fraction of sp³-hybridized carbons (Fsp3) is 0.647. The minimum absolute atomic E-state index is 0.458. The van der Waals surface area contributed by atoms with Crippen LogP contribution in [0.4, 0.5) is 5.69 Å². The first-order valence-corrected chi connectivity index (χ1v) is 8.01. The fourth-order valence-electron chi connectivity index (χ4n) is 3.52. The van der Waals surface area contributed by atoms with Gasteiger partial charge in [-0.2, -0.15) is 0 Å². The number of hydrogen-bond donors (Lipinski definition) is 1. The third-order valence-electron chi connectivity index (χ3n) is 4.78. The average molecular weight is 272 g/mol. The molecule has 1 aromatic carbocycles. The van der Waals surface area contributed by atoms with Gasteiger partial charge in [0.25, 0.3) is 0 Å². The van der Waals surface area contributed by atoms with Gasteiger partial charge < -0.3 is 15.0 Å². The van der Waals surface area contributed by atoms with Crippen LogP contribution in [0, 0.1) is 6.92 Å². The summed E-state index contributed by atoms with van der Waals surface area (Å²) in [7, 11) is 0. The largest absolute Gasteiger partial charge is 0.371 e. The monoisotopic (exact) mass is 272 g/mol. The van der Waals surface area contributed by atoms with Crippen molar-refractivity contribution in [3.8, 4) is 0 Å². The first-order chi connectivity index (χ1) is 9.78. The molecule has 3 heteroatoms. The van der Waals surface area contributed by atoms with Crippen LogP contribution in [0.25, 0.3) is 0 Å². The van der Waals surface area contributed by atoms with Crippen molar-refractivity contribution in [3.05, 3.63) is 29.3 Å². The molecule has 2 saturated heterocycles. The normalized spacial score (nSPS) is 28.9. The van der Waals surface area contributed by atoms with Gasteiger partial charge in [0.1, 0.15) is 0 Å². The van der Waals surface area contributed by atoms with E-state index in [0.29, 0.717) is 12.2 Å². The Labute approximate surface area is 121 Å². The van der Waals surface area contributed by atoms with Crippen molar-refractivity contribution in [2.75, 3.05) is 18.0 Å². The number of benzene rings is 1. The minimum Gasteiger partial charge on any atom is -0.371 e. The van der Waals surface area contributed by atoms with Crippen LogP contribution in [0.2, 0.25) is 0 Å². The van der Waals surface area contributed by atoms with Crippen LogP contribution in [-0.2, 0) is 11.3 Å². The molecular weight excluding hydrogens is 248 g/mol. The van der Waals surface area contributed by atoms with Crippen molar-refractivity contribution in [1.82, 2.24) is 5.32 Å². The molecule has 1 aromatic rings. The molecule has 0 radical (unpaired) electrons. The van der Waals surface area contributed by atoms with Crippen molar-refractivity contribution in [2.24, 2.45) is 0 Å². The third-order valence-corrected chi connectivity index (χ3v) is 4.78. The lowest BCUT2D eigenvalue weighted by Crippen LogP contribution is -2.43. The molecule has 2 unspecified atom stereocenters. The van der Waals surface area contributed by atoms with Crippen LogP contribution in [0.15, 0.2) is 18.2 Å². The molecule has 108 valence electrons. The summed E-state index contributed by atoms with van der Waals surface area (Å²) in [6.07, 6.45) is 6.09. The zero-order valence-electron chi connectivity index (χ0n) is 12.3. The Morgan fingerprint density at radius 2 is 1.90 bits per heavy atom. The van der Waals surface area contributed by atoms with Gasteiger partial charge in [0.15, 0.2) is 0 Å². The maximum atomic E-state index is 5.96. The van der Waals surface area contributed by atoms with Gasteiger partial charge in [-0.25, -0.2) is 0 Å². The van der Waals surface area contributed by atoms with Crippen LogP contribution in [-0.4, -0.2) is 31.3 Å². The van der Waals surface area contributed by atoms with Crippen LogP contribution < -0.4 is 10.2 Å². The second-order valence-corrected chi connectivity index (χ2v) is 6.65. The standard InChI is InChI=1S/C17H24N2O/c1-12-2-7-17(13(8-12)9-18-14-3-4-14)19-10-15-5-6-16(11-19)20-15/h2,7-8,14-16,18H,3-6,9-11H2,1H3. The maximum Gasteiger partial charge on any atom is 0.0755 e. The van der Waals surface area contributed by atoms with E-state index in [0.717, 1.165) is 25.7 Å². The van der Waals surface area contributed by atoms with Crippen molar-refractivity contribution in [1.29, 1.82) is 0 Å². The molecule has 1 saturated carbocycles. The summed E-state index contributed by atoms with van der Waals surface area (Å²) in [5, 5.41) is 3.66. The second-order valence-electron chi connectivity index (χ2n) is 6.65. The van der Waals surface area contributed by atoms with E-state index >= 15 is 0 Å². The molecule has 0 amide bonds. The van der Waals surface area contributed by atoms with E-state index in [1.807, 2.05) is 0 Å². The Bertz CT molecular complexity index is 486. The van der Waals surface area contributed by atoms with Crippen molar-refractivity contribution < 1.29 is 4.74 Å². The van der Waals surface area contributed by atoms with Crippen molar-refractivity contribution >= 4 is 5.69 Å². The number of anilines is 1. The van der Waals surface area contributed by atoms with Gasteiger partial charge in [0.2, 0.25) is 0 Å². The Balaban J connectivity index is 1.55. The number of rotatable bonds is 4. The maximum absolute atomic E-state index is 5.96. The minimum atomic E-state index is 0.458. The summed E-state index contributed by atoms with van der Waals surface area (Å²) in [5.41, 5.74) is 4.24. The molecule has 3 nitrogen and oxygen atoms in total. The van der Waals surface area contributed by atoms with Gasteiger partial charge in [-0.15, -0.1) is 0 Å². The third kappa shape index (κ3) is 2.57. The van der Waals surface area contributed by atoms with E-state index in [1.165, 1.54) is 42.5 Å². The smallest absolute Gasteiger partial charge is 0.0755 e. The number of hydrogen-bond acceptors (Lipinski definition) is 3. The predicted molar refractivity (Wildman–Crippen MR) is 81.1 cm³/mol. The van der Waals surface area contributed by atoms with Crippen LogP contribution >= 0.6 is 0 Å². The van der Waals surface area contributed by atoms with E-state index in [2.05, 4.69) is 35.3 Å². The van der Waals surface area contributed by atoms with Gasteiger partial charge in [0.05, 0.1) is 12.2 Å². The number of morpholine rings is 1. The molecule has 0 aromatic heterocycles. The van der Waals surface area contributed by atoms with E-state index in [4.69, 9.17) is 4.74 Å². The fourth-order valence-corrected chi connectivity index (χ4v) is 3.52. The van der Waals surface area contributed by atoms with Gasteiger partial charge in [0, 0.05) is 31.4 Å². The van der Waals surface area contributed by atoms with Gasteiger partial charge in [-0.05, 0) is 44.2 Å². The number of aryl methyl sites for hydroxylation is 1. The van der Waals surface area contributed by atoms with E-state index in [-0.39, 0.29) is 0 Å². The van der Waals surface area contributed by atoms with E-state index < -0.39 is 0 Å². The van der Waals surface area contributed by atoms with Crippen LogP contribution in [0.3, 0.4) is 0 Å². The summed E-state index contributed by atoms with van der Waals surface area (Å²) in [4.78, 5) is 2.55. The summed E-state index contributed by atoms with van der Waals surface area (Å²) >= 11 is 0. The number of fused-ring (bicyclic) bond motifs is 2. The first-order valence-electron chi connectivity index (χ1n) is 8.01. The Kier molecular flexibility index (Phi) is 3.20. The number of nitrogens with one attached hydrogen (secondary N) is 1. The average Bonchev–Trinajstić information content (AvgIpc) is 3.21. The van der Waals surface area contributed by atoms with Gasteiger partial charge in [-0.3, -0.25) is 0 Å². The molecule has 2 bridgehead atoms. The lowest BCUT2D eigenvalue weighted by atomic mass is 10.1. The Morgan fingerprint density at radius 1 is 1.15 bits per heavy atom. The Morgan fingerprint density at radius 3 is 2.60 bits per heavy atom. The molecule has 0 spiro atoms. The molecule has 3 aliphatic rings. The molecule has 1 N–H and O–H groups in total. The van der Waals surface area contributed by atoms with E-state index in [9.17, 15) is 0 Å². The summed E-state index contributed by atoms with van der Waals surface area (Å²) < 4.78 is 5.96. The lowest BCUT2D eigenvalue weighted by molar-refractivity contribution is 0.0304. The molecule has 1 aliphatic carbocycles. The topological polar surface area (TPSA) is 24.5 Å². The molecule has 2 heterocycles. The molecule has 2 atom stereocenters. The molecule has 3 fully saturated rings. The lowest BCUT2D eigenvalue weighted by Gasteiger charge is -2.35. The second kappa shape index (κ2) is 5.05. The SMILES string of the molecule is Cc1ccc(N2CC3CCC(C2)O3)c(CNC2CC2)c1. The zero-order valence-corrected chi connectivity index (χ0v) is 12.3. The molecule has 4 rings (SSSR count).